The molecular weight excluding hydrogens is 230 g/mol. The van der Waals surface area contributed by atoms with Crippen LogP contribution in [0.25, 0.3) is 0 Å². The molecular formula is C18H29N. The Bertz CT molecular complexity index is 381. The molecule has 0 heterocycles. The fourth-order valence-corrected chi connectivity index (χ4v) is 2.63. The van der Waals surface area contributed by atoms with Crippen molar-refractivity contribution < 1.29 is 0 Å². The van der Waals surface area contributed by atoms with Gasteiger partial charge in [-0.3, -0.25) is 0 Å². The second kappa shape index (κ2) is 6.09. The lowest BCUT2D eigenvalue weighted by Crippen LogP contribution is -2.34. The Morgan fingerprint density at radius 3 is 2.26 bits per heavy atom. The van der Waals surface area contributed by atoms with Crippen molar-refractivity contribution in [1.29, 1.82) is 0 Å². The maximum absolute atomic E-state index is 3.68. The average molecular weight is 259 g/mol. The Morgan fingerprint density at radius 1 is 1.16 bits per heavy atom. The Kier molecular flexibility index (Phi) is 4.67. The molecule has 1 fully saturated rings. The maximum atomic E-state index is 3.68. The number of benzene rings is 1. The summed E-state index contributed by atoms with van der Waals surface area (Å²) in [5, 5.41) is 3.68. The lowest BCUT2D eigenvalue weighted by atomic mass is 9.85. The molecule has 0 amide bonds. The Morgan fingerprint density at radius 2 is 1.79 bits per heavy atom. The number of hydrogen-bond acceptors (Lipinski definition) is 1. The predicted octanol–water partition coefficient (Wildman–Crippen LogP) is 4.30. The molecule has 0 aromatic heterocycles. The van der Waals surface area contributed by atoms with Gasteiger partial charge in [-0.1, -0.05) is 51.5 Å². The molecule has 1 nitrogen and oxygen atoms in total. The molecule has 1 atom stereocenters. The van der Waals surface area contributed by atoms with E-state index in [1.165, 1.54) is 36.9 Å². The van der Waals surface area contributed by atoms with Gasteiger partial charge in [0.15, 0.2) is 0 Å². The third kappa shape index (κ3) is 4.35. The second-order valence-electron chi connectivity index (χ2n) is 7.26. The van der Waals surface area contributed by atoms with Gasteiger partial charge in [0.2, 0.25) is 0 Å². The molecule has 0 radical (unpaired) electrons. The highest BCUT2D eigenvalue weighted by Crippen LogP contribution is 2.25. The molecule has 1 aliphatic rings. The first-order chi connectivity index (χ1) is 8.95. The van der Waals surface area contributed by atoms with E-state index < -0.39 is 0 Å². The summed E-state index contributed by atoms with van der Waals surface area (Å²) in [4.78, 5) is 0. The molecule has 2 rings (SSSR count). The molecule has 19 heavy (non-hydrogen) atoms. The summed E-state index contributed by atoms with van der Waals surface area (Å²) in [6, 6.07) is 9.74. The first kappa shape index (κ1) is 14.6. The third-order valence-electron chi connectivity index (χ3n) is 4.34. The van der Waals surface area contributed by atoms with E-state index in [1.807, 2.05) is 0 Å². The molecule has 0 spiro atoms. The van der Waals surface area contributed by atoms with Crippen LogP contribution in [0.2, 0.25) is 0 Å². The van der Waals surface area contributed by atoms with Crippen LogP contribution in [0, 0.1) is 5.92 Å². The van der Waals surface area contributed by atoms with Gasteiger partial charge in [0.25, 0.3) is 0 Å². The molecule has 106 valence electrons. The zero-order valence-electron chi connectivity index (χ0n) is 13.0. The van der Waals surface area contributed by atoms with Crippen LogP contribution in [0.1, 0.15) is 58.1 Å². The molecule has 1 aromatic carbocycles. The van der Waals surface area contributed by atoms with E-state index in [2.05, 4.69) is 57.3 Å². The molecule has 1 unspecified atom stereocenters. The Balaban J connectivity index is 1.81. The first-order valence-corrected chi connectivity index (χ1v) is 7.78. The second-order valence-corrected chi connectivity index (χ2v) is 7.26. The summed E-state index contributed by atoms with van der Waals surface area (Å²) in [5.41, 5.74) is 3.13. The Hall–Kier alpha value is -0.820. The van der Waals surface area contributed by atoms with Gasteiger partial charge in [-0.2, -0.15) is 0 Å². The molecule has 1 N–H and O–H groups in total. The molecule has 1 aliphatic carbocycles. The van der Waals surface area contributed by atoms with Crippen molar-refractivity contribution in [2.45, 2.75) is 64.8 Å². The summed E-state index contributed by atoms with van der Waals surface area (Å²) in [6.07, 6.45) is 5.44. The summed E-state index contributed by atoms with van der Waals surface area (Å²) in [7, 11) is 0. The normalized spacial score (nSPS) is 18.1. The highest BCUT2D eigenvalue weighted by Gasteiger charge is 2.18. The van der Waals surface area contributed by atoms with Crippen LogP contribution in [-0.2, 0) is 11.8 Å². The third-order valence-corrected chi connectivity index (χ3v) is 4.34. The van der Waals surface area contributed by atoms with Gasteiger partial charge in [0, 0.05) is 6.04 Å². The lowest BCUT2D eigenvalue weighted by Gasteiger charge is -2.27. The molecule has 1 heteroatoms. The van der Waals surface area contributed by atoms with Crippen LogP contribution >= 0.6 is 0 Å². The van der Waals surface area contributed by atoms with Crippen LogP contribution in [0.15, 0.2) is 24.3 Å². The minimum atomic E-state index is 0.257. The fourth-order valence-electron chi connectivity index (χ4n) is 2.63. The van der Waals surface area contributed by atoms with Crippen LogP contribution < -0.4 is 5.32 Å². The van der Waals surface area contributed by atoms with Crippen molar-refractivity contribution in [2.75, 3.05) is 6.54 Å². The summed E-state index contributed by atoms with van der Waals surface area (Å²) in [5.74, 6) is 0.950. The zero-order chi connectivity index (χ0) is 13.9. The van der Waals surface area contributed by atoms with E-state index in [-0.39, 0.29) is 5.41 Å². The average Bonchev–Trinajstić information content (AvgIpc) is 2.26. The highest BCUT2D eigenvalue weighted by atomic mass is 14.9. The monoisotopic (exact) mass is 259 g/mol. The van der Waals surface area contributed by atoms with Gasteiger partial charge in [-0.05, 0) is 55.2 Å². The predicted molar refractivity (Wildman–Crippen MR) is 83.7 cm³/mol. The van der Waals surface area contributed by atoms with Gasteiger partial charge in [0.05, 0.1) is 0 Å². The molecule has 0 bridgehead atoms. The van der Waals surface area contributed by atoms with E-state index in [0.717, 1.165) is 12.3 Å². The SMILES string of the molecule is CC(Cc1ccc(C(C)(C)C)cc1)NCC1CCC1. The van der Waals surface area contributed by atoms with Crippen LogP contribution in [0.5, 0.6) is 0 Å². The smallest absolute Gasteiger partial charge is 0.00792 e. The molecule has 0 saturated heterocycles. The molecule has 0 aliphatic heterocycles. The van der Waals surface area contributed by atoms with Gasteiger partial charge >= 0.3 is 0 Å². The van der Waals surface area contributed by atoms with Crippen LogP contribution in [0.3, 0.4) is 0 Å². The van der Waals surface area contributed by atoms with Gasteiger partial charge in [0.1, 0.15) is 0 Å². The van der Waals surface area contributed by atoms with Crippen molar-refractivity contribution >= 4 is 0 Å². The maximum Gasteiger partial charge on any atom is 0.00792 e. The largest absolute Gasteiger partial charge is 0.314 e. The van der Waals surface area contributed by atoms with Crippen molar-refractivity contribution in [3.8, 4) is 0 Å². The van der Waals surface area contributed by atoms with Gasteiger partial charge in [-0.25, -0.2) is 0 Å². The van der Waals surface area contributed by atoms with Crippen molar-refractivity contribution in [3.63, 3.8) is 0 Å². The number of rotatable bonds is 5. The van der Waals surface area contributed by atoms with E-state index in [9.17, 15) is 0 Å². The quantitative estimate of drug-likeness (QED) is 0.831. The topological polar surface area (TPSA) is 12.0 Å². The standard InChI is InChI=1S/C18H29N/c1-14(19-13-16-6-5-7-16)12-15-8-10-17(11-9-15)18(2,3)4/h8-11,14,16,19H,5-7,12-13H2,1-4H3. The van der Waals surface area contributed by atoms with E-state index >= 15 is 0 Å². The fraction of sp³-hybridized carbons (Fsp3) is 0.667. The summed E-state index contributed by atoms with van der Waals surface area (Å²) in [6.45, 7) is 10.3. The van der Waals surface area contributed by atoms with E-state index in [0.29, 0.717) is 6.04 Å². The summed E-state index contributed by atoms with van der Waals surface area (Å²) < 4.78 is 0. The van der Waals surface area contributed by atoms with Gasteiger partial charge in [-0.15, -0.1) is 0 Å². The highest BCUT2D eigenvalue weighted by molar-refractivity contribution is 5.27. The van der Waals surface area contributed by atoms with Crippen molar-refractivity contribution in [1.82, 2.24) is 5.32 Å². The van der Waals surface area contributed by atoms with Gasteiger partial charge < -0.3 is 5.32 Å². The summed E-state index contributed by atoms with van der Waals surface area (Å²) >= 11 is 0. The van der Waals surface area contributed by atoms with E-state index in [4.69, 9.17) is 0 Å². The minimum Gasteiger partial charge on any atom is -0.314 e. The zero-order valence-corrected chi connectivity index (χ0v) is 13.0. The van der Waals surface area contributed by atoms with Crippen molar-refractivity contribution in [2.24, 2.45) is 5.92 Å². The lowest BCUT2D eigenvalue weighted by molar-refractivity contribution is 0.291. The number of hydrogen-bond donors (Lipinski definition) is 1. The number of nitrogens with one attached hydrogen (secondary N) is 1. The molecule has 1 aromatic rings. The van der Waals surface area contributed by atoms with Crippen molar-refractivity contribution in [3.05, 3.63) is 35.4 Å². The minimum absolute atomic E-state index is 0.257. The van der Waals surface area contributed by atoms with E-state index in [1.54, 1.807) is 0 Å². The van der Waals surface area contributed by atoms with Crippen LogP contribution in [0.4, 0.5) is 0 Å². The van der Waals surface area contributed by atoms with Crippen LogP contribution in [-0.4, -0.2) is 12.6 Å². The molecule has 1 saturated carbocycles. The Labute approximate surface area is 118 Å². The first-order valence-electron chi connectivity index (χ1n) is 7.78.